The maximum atomic E-state index is 12.8. The molecule has 0 aliphatic heterocycles. The summed E-state index contributed by atoms with van der Waals surface area (Å²) in [5.41, 5.74) is 3.45. The Hall–Kier alpha value is -4.40. The van der Waals surface area contributed by atoms with Gasteiger partial charge < -0.3 is 15.4 Å². The molecule has 2 N–H and O–H groups in total. The van der Waals surface area contributed by atoms with Gasteiger partial charge in [-0.15, -0.1) is 0 Å². The minimum atomic E-state index is -0.449. The van der Waals surface area contributed by atoms with E-state index >= 15 is 0 Å². The molecule has 0 atom stereocenters. The lowest BCUT2D eigenvalue weighted by Crippen LogP contribution is -2.18. The van der Waals surface area contributed by atoms with Crippen molar-refractivity contribution in [2.75, 3.05) is 10.6 Å². The summed E-state index contributed by atoms with van der Waals surface area (Å²) in [4.78, 5) is 25.6. The minimum absolute atomic E-state index is 0.122. The van der Waals surface area contributed by atoms with Gasteiger partial charge >= 0.3 is 0 Å². The average Bonchev–Trinajstić information content (AvgIpc) is 3.46. The quantitative estimate of drug-likeness (QED) is 0.411. The third kappa shape index (κ3) is 5.32. The SMILES string of the molecule is CCn1cc(NC(=O)c2ccn(COc3ccc(C)cc3C)n2)c(C(=O)Nc2ccccc2)n1. The zero-order chi connectivity index (χ0) is 24.1. The summed E-state index contributed by atoms with van der Waals surface area (Å²) >= 11 is 0. The molecule has 2 amide bonds. The Labute approximate surface area is 197 Å². The van der Waals surface area contributed by atoms with E-state index in [1.165, 1.54) is 4.68 Å². The third-order valence-electron chi connectivity index (χ3n) is 5.14. The Kier molecular flexibility index (Phi) is 6.72. The molecular formula is C25H26N6O3. The van der Waals surface area contributed by atoms with Crippen molar-refractivity contribution < 1.29 is 14.3 Å². The Morgan fingerprint density at radius 1 is 0.941 bits per heavy atom. The normalized spacial score (nSPS) is 10.7. The van der Waals surface area contributed by atoms with Gasteiger partial charge in [-0.2, -0.15) is 10.2 Å². The highest BCUT2D eigenvalue weighted by Gasteiger charge is 2.20. The fourth-order valence-corrected chi connectivity index (χ4v) is 3.39. The second kappa shape index (κ2) is 10.0. The highest BCUT2D eigenvalue weighted by Crippen LogP contribution is 2.20. The molecule has 0 saturated heterocycles. The number of hydrogen-bond acceptors (Lipinski definition) is 5. The molecule has 0 saturated carbocycles. The van der Waals surface area contributed by atoms with Gasteiger partial charge in [0.25, 0.3) is 11.8 Å². The van der Waals surface area contributed by atoms with Crippen molar-refractivity contribution >= 4 is 23.2 Å². The second-order valence-electron chi connectivity index (χ2n) is 7.80. The van der Waals surface area contributed by atoms with Crippen LogP contribution in [0.2, 0.25) is 0 Å². The van der Waals surface area contributed by atoms with E-state index in [-0.39, 0.29) is 18.1 Å². The Bertz CT molecular complexity index is 1310. The van der Waals surface area contributed by atoms with Crippen LogP contribution in [0.5, 0.6) is 5.75 Å². The first kappa shape index (κ1) is 22.8. The summed E-state index contributed by atoms with van der Waals surface area (Å²) in [6.45, 7) is 6.61. The van der Waals surface area contributed by atoms with Crippen LogP contribution in [-0.2, 0) is 13.3 Å². The van der Waals surface area contributed by atoms with Crippen LogP contribution in [0.15, 0.2) is 67.0 Å². The lowest BCUT2D eigenvalue weighted by atomic mass is 10.1. The van der Waals surface area contributed by atoms with E-state index in [1.54, 1.807) is 35.3 Å². The monoisotopic (exact) mass is 458 g/mol. The van der Waals surface area contributed by atoms with Crippen LogP contribution in [0, 0.1) is 13.8 Å². The summed E-state index contributed by atoms with van der Waals surface area (Å²) in [5, 5.41) is 14.1. The van der Waals surface area contributed by atoms with E-state index in [0.29, 0.717) is 17.9 Å². The van der Waals surface area contributed by atoms with Gasteiger partial charge in [-0.1, -0.05) is 35.9 Å². The maximum absolute atomic E-state index is 12.8. The number of carbonyl (C=O) groups excluding carboxylic acids is 2. The number of hydrogen-bond donors (Lipinski definition) is 2. The van der Waals surface area contributed by atoms with Crippen LogP contribution in [0.4, 0.5) is 11.4 Å². The summed E-state index contributed by atoms with van der Waals surface area (Å²) in [6, 6.07) is 16.6. The molecule has 9 heteroatoms. The van der Waals surface area contributed by atoms with Gasteiger partial charge in [0.05, 0.1) is 5.69 Å². The smallest absolute Gasteiger partial charge is 0.278 e. The number of aromatic nitrogens is 4. The van der Waals surface area contributed by atoms with Crippen molar-refractivity contribution in [3.63, 3.8) is 0 Å². The largest absolute Gasteiger partial charge is 0.471 e. The van der Waals surface area contributed by atoms with Crippen molar-refractivity contribution in [2.24, 2.45) is 0 Å². The number of carbonyl (C=O) groups is 2. The fourth-order valence-electron chi connectivity index (χ4n) is 3.39. The summed E-state index contributed by atoms with van der Waals surface area (Å²) in [7, 11) is 0. The lowest BCUT2D eigenvalue weighted by molar-refractivity contribution is 0.102. The van der Waals surface area contributed by atoms with E-state index in [1.807, 2.05) is 57.2 Å². The van der Waals surface area contributed by atoms with Crippen molar-refractivity contribution in [1.82, 2.24) is 19.6 Å². The van der Waals surface area contributed by atoms with Crippen LogP contribution < -0.4 is 15.4 Å². The van der Waals surface area contributed by atoms with E-state index in [9.17, 15) is 9.59 Å². The van der Waals surface area contributed by atoms with Crippen molar-refractivity contribution in [2.45, 2.75) is 34.0 Å². The maximum Gasteiger partial charge on any atom is 0.278 e. The second-order valence-corrected chi connectivity index (χ2v) is 7.80. The molecule has 4 aromatic rings. The molecular weight excluding hydrogens is 432 g/mol. The zero-order valence-corrected chi connectivity index (χ0v) is 19.3. The number of anilines is 2. The molecule has 0 unspecified atom stereocenters. The Morgan fingerprint density at radius 2 is 1.74 bits per heavy atom. The van der Waals surface area contributed by atoms with Gasteiger partial charge in [0.15, 0.2) is 18.1 Å². The number of benzene rings is 2. The van der Waals surface area contributed by atoms with E-state index < -0.39 is 11.8 Å². The molecule has 0 radical (unpaired) electrons. The van der Waals surface area contributed by atoms with Gasteiger partial charge in [-0.25, -0.2) is 4.68 Å². The molecule has 34 heavy (non-hydrogen) atoms. The molecule has 0 aliphatic rings. The molecule has 0 spiro atoms. The Morgan fingerprint density at radius 3 is 2.47 bits per heavy atom. The predicted molar refractivity (Wildman–Crippen MR) is 129 cm³/mol. The zero-order valence-electron chi connectivity index (χ0n) is 19.3. The van der Waals surface area contributed by atoms with E-state index in [0.717, 1.165) is 16.9 Å². The van der Waals surface area contributed by atoms with Gasteiger partial charge in [0, 0.05) is 24.6 Å². The third-order valence-corrected chi connectivity index (χ3v) is 5.14. The average molecular weight is 459 g/mol. The van der Waals surface area contributed by atoms with Crippen LogP contribution in [0.25, 0.3) is 0 Å². The van der Waals surface area contributed by atoms with Gasteiger partial charge in [0.2, 0.25) is 0 Å². The number of nitrogens with zero attached hydrogens (tertiary/aromatic N) is 4. The lowest BCUT2D eigenvalue weighted by Gasteiger charge is -2.09. The predicted octanol–water partition coefficient (Wildman–Crippen LogP) is 4.26. The molecule has 0 fully saturated rings. The number of rotatable bonds is 8. The number of aryl methyl sites for hydroxylation is 3. The molecule has 174 valence electrons. The number of ether oxygens (including phenoxy) is 1. The molecule has 9 nitrogen and oxygen atoms in total. The standard InChI is InChI=1S/C25H26N6O3/c1-4-30-15-21(23(29-30)25(33)26-19-8-6-5-7-9-19)27-24(32)20-12-13-31(28-20)16-34-22-11-10-17(2)14-18(22)3/h5-15H,4,16H2,1-3H3,(H,26,33)(H,27,32). The topological polar surface area (TPSA) is 103 Å². The minimum Gasteiger partial charge on any atom is -0.471 e. The van der Waals surface area contributed by atoms with Crippen molar-refractivity contribution in [3.05, 3.63) is 89.5 Å². The molecule has 2 aromatic carbocycles. The van der Waals surface area contributed by atoms with Crippen molar-refractivity contribution in [3.8, 4) is 5.75 Å². The molecule has 0 aliphatic carbocycles. The van der Waals surface area contributed by atoms with Crippen LogP contribution >= 0.6 is 0 Å². The molecule has 4 rings (SSSR count). The first-order valence-corrected chi connectivity index (χ1v) is 10.9. The van der Waals surface area contributed by atoms with Crippen LogP contribution in [0.3, 0.4) is 0 Å². The van der Waals surface area contributed by atoms with Crippen molar-refractivity contribution in [1.29, 1.82) is 0 Å². The van der Waals surface area contributed by atoms with E-state index in [2.05, 4.69) is 20.8 Å². The number of para-hydroxylation sites is 1. The number of nitrogens with one attached hydrogen (secondary N) is 2. The van der Waals surface area contributed by atoms with Crippen LogP contribution in [-0.4, -0.2) is 31.4 Å². The molecule has 0 bridgehead atoms. The summed E-state index contributed by atoms with van der Waals surface area (Å²) in [6.07, 6.45) is 3.29. The molecule has 2 aromatic heterocycles. The Balaban J connectivity index is 1.44. The summed E-state index contributed by atoms with van der Waals surface area (Å²) < 4.78 is 8.94. The van der Waals surface area contributed by atoms with Crippen LogP contribution in [0.1, 0.15) is 39.0 Å². The molecule has 2 heterocycles. The van der Waals surface area contributed by atoms with E-state index in [4.69, 9.17) is 4.74 Å². The highest BCUT2D eigenvalue weighted by atomic mass is 16.5. The van der Waals surface area contributed by atoms with Gasteiger partial charge in [0.1, 0.15) is 5.75 Å². The first-order chi connectivity index (χ1) is 16.4. The van der Waals surface area contributed by atoms with Gasteiger partial charge in [-0.05, 0) is 50.6 Å². The highest BCUT2D eigenvalue weighted by molar-refractivity contribution is 6.10. The summed E-state index contributed by atoms with van der Waals surface area (Å²) in [5.74, 6) is -0.107. The fraction of sp³-hybridized carbons (Fsp3) is 0.200. The van der Waals surface area contributed by atoms with Gasteiger partial charge in [-0.3, -0.25) is 14.3 Å². The first-order valence-electron chi connectivity index (χ1n) is 10.9. The number of amides is 2.